The van der Waals surface area contributed by atoms with Gasteiger partial charge in [0.25, 0.3) is 0 Å². The second-order valence-corrected chi connectivity index (χ2v) is 5.89. The number of imidazole rings is 1. The summed E-state index contributed by atoms with van der Waals surface area (Å²) in [6, 6.07) is 8.00. The van der Waals surface area contributed by atoms with Gasteiger partial charge in [-0.2, -0.15) is 5.26 Å². The zero-order valence-corrected chi connectivity index (χ0v) is 12.1. The van der Waals surface area contributed by atoms with Crippen LogP contribution in [0, 0.1) is 11.3 Å². The molecule has 1 fully saturated rings. The Bertz CT molecular complexity index is 640. The van der Waals surface area contributed by atoms with Crippen LogP contribution in [0.25, 0.3) is 11.0 Å². The second-order valence-electron chi connectivity index (χ2n) is 5.89. The number of aryl methyl sites for hydroxylation is 1. The normalized spacial score (nSPS) is 17.6. The minimum Gasteiger partial charge on any atom is -0.331 e. The summed E-state index contributed by atoms with van der Waals surface area (Å²) in [5, 5.41) is 9.03. The number of rotatable bonds is 1. The molecule has 0 unspecified atom stereocenters. The highest BCUT2D eigenvalue weighted by atomic mass is 15.1. The lowest BCUT2D eigenvalue weighted by Gasteiger charge is -2.19. The zero-order valence-electron chi connectivity index (χ0n) is 12.1. The molecule has 20 heavy (non-hydrogen) atoms. The van der Waals surface area contributed by atoms with Crippen LogP contribution < -0.4 is 0 Å². The van der Waals surface area contributed by atoms with Crippen LogP contribution in [0.5, 0.6) is 0 Å². The van der Waals surface area contributed by atoms with Crippen molar-refractivity contribution in [2.45, 2.75) is 50.9 Å². The van der Waals surface area contributed by atoms with Gasteiger partial charge in [0.15, 0.2) is 0 Å². The Morgan fingerprint density at radius 3 is 2.55 bits per heavy atom. The van der Waals surface area contributed by atoms with Crippen molar-refractivity contribution in [1.82, 2.24) is 9.55 Å². The quantitative estimate of drug-likeness (QED) is 0.774. The molecule has 0 atom stereocenters. The molecule has 1 saturated carbocycles. The highest BCUT2D eigenvalue weighted by molar-refractivity contribution is 5.77. The molecular weight excluding hydrogens is 246 g/mol. The average Bonchev–Trinajstić information content (AvgIpc) is 2.75. The molecule has 0 spiro atoms. The fourth-order valence-corrected chi connectivity index (χ4v) is 3.36. The Balaban J connectivity index is 1.98. The molecule has 0 bridgehead atoms. The van der Waals surface area contributed by atoms with E-state index >= 15 is 0 Å². The Morgan fingerprint density at radius 1 is 1.15 bits per heavy atom. The minimum absolute atomic E-state index is 0.582. The number of fused-ring (bicyclic) bond motifs is 1. The van der Waals surface area contributed by atoms with Crippen molar-refractivity contribution >= 4 is 11.0 Å². The van der Waals surface area contributed by atoms with E-state index in [1.165, 1.54) is 50.8 Å². The summed E-state index contributed by atoms with van der Waals surface area (Å²) < 4.78 is 2.20. The SMILES string of the molecule is Cn1c(C2CCCCCCC2)nc2ccc(C#N)cc21. The number of nitriles is 1. The largest absolute Gasteiger partial charge is 0.331 e. The van der Waals surface area contributed by atoms with Crippen LogP contribution in [-0.4, -0.2) is 9.55 Å². The highest BCUT2D eigenvalue weighted by Crippen LogP contribution is 2.32. The Hall–Kier alpha value is -1.82. The van der Waals surface area contributed by atoms with Crippen LogP contribution in [-0.2, 0) is 7.05 Å². The van der Waals surface area contributed by atoms with Crippen LogP contribution in [0.4, 0.5) is 0 Å². The first-order chi connectivity index (χ1) is 9.79. The molecule has 1 aliphatic rings. The zero-order chi connectivity index (χ0) is 13.9. The van der Waals surface area contributed by atoms with Gasteiger partial charge in [-0.3, -0.25) is 0 Å². The lowest BCUT2D eigenvalue weighted by molar-refractivity contribution is 0.437. The van der Waals surface area contributed by atoms with Gasteiger partial charge in [-0.1, -0.05) is 32.1 Å². The van der Waals surface area contributed by atoms with Gasteiger partial charge in [0.1, 0.15) is 5.82 Å². The summed E-state index contributed by atoms with van der Waals surface area (Å²) in [4.78, 5) is 4.84. The van der Waals surface area contributed by atoms with Gasteiger partial charge >= 0.3 is 0 Å². The first kappa shape index (κ1) is 13.2. The van der Waals surface area contributed by atoms with Gasteiger partial charge < -0.3 is 4.57 Å². The molecule has 0 N–H and O–H groups in total. The minimum atomic E-state index is 0.582. The van der Waals surface area contributed by atoms with Gasteiger partial charge in [-0.15, -0.1) is 0 Å². The maximum Gasteiger partial charge on any atom is 0.112 e. The van der Waals surface area contributed by atoms with E-state index in [1.807, 2.05) is 18.2 Å². The van der Waals surface area contributed by atoms with Gasteiger partial charge in [0, 0.05) is 13.0 Å². The molecule has 1 heterocycles. The maximum atomic E-state index is 9.03. The lowest BCUT2D eigenvalue weighted by atomic mass is 9.90. The summed E-state index contributed by atoms with van der Waals surface area (Å²) in [5.74, 6) is 1.79. The first-order valence-corrected chi connectivity index (χ1v) is 7.66. The molecule has 1 aliphatic carbocycles. The topological polar surface area (TPSA) is 41.6 Å². The fourth-order valence-electron chi connectivity index (χ4n) is 3.36. The monoisotopic (exact) mass is 267 g/mol. The molecule has 0 amide bonds. The summed E-state index contributed by atoms with van der Waals surface area (Å²) in [5.41, 5.74) is 2.81. The number of hydrogen-bond acceptors (Lipinski definition) is 2. The van der Waals surface area contributed by atoms with Crippen LogP contribution >= 0.6 is 0 Å². The van der Waals surface area contributed by atoms with E-state index < -0.39 is 0 Å². The van der Waals surface area contributed by atoms with Crippen LogP contribution in [0.2, 0.25) is 0 Å². The Kier molecular flexibility index (Phi) is 3.73. The van der Waals surface area contributed by atoms with E-state index in [0.29, 0.717) is 11.5 Å². The molecule has 3 heteroatoms. The third-order valence-electron chi connectivity index (χ3n) is 4.51. The number of nitrogens with zero attached hydrogens (tertiary/aromatic N) is 3. The molecular formula is C17H21N3. The molecule has 104 valence electrons. The third kappa shape index (κ3) is 2.43. The summed E-state index contributed by atoms with van der Waals surface area (Å²) >= 11 is 0. The van der Waals surface area contributed by atoms with E-state index in [0.717, 1.165) is 11.0 Å². The van der Waals surface area contributed by atoms with Crippen LogP contribution in [0.15, 0.2) is 18.2 Å². The molecule has 1 aromatic heterocycles. The van der Waals surface area contributed by atoms with E-state index in [9.17, 15) is 0 Å². The van der Waals surface area contributed by atoms with E-state index in [4.69, 9.17) is 10.2 Å². The van der Waals surface area contributed by atoms with Crippen molar-refractivity contribution in [3.05, 3.63) is 29.6 Å². The molecule has 0 radical (unpaired) electrons. The standard InChI is InChI=1S/C17H21N3/c1-20-16-11-13(12-18)9-10-15(16)19-17(20)14-7-5-3-2-4-6-8-14/h9-11,14H,2-8H2,1H3. The highest BCUT2D eigenvalue weighted by Gasteiger charge is 2.19. The van der Waals surface area contributed by atoms with Crippen molar-refractivity contribution in [1.29, 1.82) is 5.26 Å². The number of aromatic nitrogens is 2. The van der Waals surface area contributed by atoms with Gasteiger partial charge in [0.2, 0.25) is 0 Å². The smallest absolute Gasteiger partial charge is 0.112 e. The Labute approximate surface area is 120 Å². The summed E-state index contributed by atoms with van der Waals surface area (Å²) in [7, 11) is 2.09. The molecule has 3 rings (SSSR count). The maximum absolute atomic E-state index is 9.03. The van der Waals surface area contributed by atoms with Crippen molar-refractivity contribution in [3.8, 4) is 6.07 Å². The van der Waals surface area contributed by atoms with Crippen molar-refractivity contribution in [3.63, 3.8) is 0 Å². The average molecular weight is 267 g/mol. The molecule has 3 nitrogen and oxygen atoms in total. The first-order valence-electron chi connectivity index (χ1n) is 7.66. The van der Waals surface area contributed by atoms with Crippen molar-refractivity contribution in [2.24, 2.45) is 7.05 Å². The lowest BCUT2D eigenvalue weighted by Crippen LogP contribution is -2.08. The van der Waals surface area contributed by atoms with Gasteiger partial charge in [-0.05, 0) is 31.0 Å². The predicted octanol–water partition coefficient (Wildman–Crippen LogP) is 4.27. The molecule has 0 aliphatic heterocycles. The van der Waals surface area contributed by atoms with Crippen molar-refractivity contribution < 1.29 is 0 Å². The molecule has 0 saturated heterocycles. The van der Waals surface area contributed by atoms with Crippen LogP contribution in [0.3, 0.4) is 0 Å². The third-order valence-corrected chi connectivity index (χ3v) is 4.51. The van der Waals surface area contributed by atoms with E-state index in [2.05, 4.69) is 17.7 Å². The second kappa shape index (κ2) is 5.66. The summed E-state index contributed by atoms with van der Waals surface area (Å²) in [6.45, 7) is 0. The fraction of sp³-hybridized carbons (Fsp3) is 0.529. The van der Waals surface area contributed by atoms with Gasteiger partial charge in [0.05, 0.1) is 22.7 Å². The van der Waals surface area contributed by atoms with Crippen LogP contribution in [0.1, 0.15) is 62.3 Å². The summed E-state index contributed by atoms with van der Waals surface area (Å²) in [6.07, 6.45) is 9.25. The number of hydrogen-bond donors (Lipinski definition) is 0. The molecule has 2 aromatic rings. The van der Waals surface area contributed by atoms with Crippen molar-refractivity contribution in [2.75, 3.05) is 0 Å². The van der Waals surface area contributed by atoms with Gasteiger partial charge in [-0.25, -0.2) is 4.98 Å². The van der Waals surface area contributed by atoms with E-state index in [-0.39, 0.29) is 0 Å². The Morgan fingerprint density at radius 2 is 1.85 bits per heavy atom. The van der Waals surface area contributed by atoms with E-state index in [1.54, 1.807) is 0 Å². The molecule has 1 aromatic carbocycles. The predicted molar refractivity (Wildman–Crippen MR) is 80.5 cm³/mol. The number of benzene rings is 1.